The zero-order valence-electron chi connectivity index (χ0n) is 10.7. The van der Waals surface area contributed by atoms with Gasteiger partial charge in [0, 0.05) is 30.7 Å². The molecule has 5 heteroatoms. The lowest BCUT2D eigenvalue weighted by molar-refractivity contribution is 0.271. The van der Waals surface area contributed by atoms with E-state index in [4.69, 9.17) is 5.73 Å². The van der Waals surface area contributed by atoms with Crippen molar-refractivity contribution < 1.29 is 0 Å². The van der Waals surface area contributed by atoms with Crippen LogP contribution in [0.4, 0.5) is 5.82 Å². The number of rotatable bonds is 7. The second kappa shape index (κ2) is 6.56. The van der Waals surface area contributed by atoms with Gasteiger partial charge in [0.05, 0.1) is 0 Å². The van der Waals surface area contributed by atoms with Gasteiger partial charge in [-0.05, 0) is 30.5 Å². The molecule has 0 fully saturated rings. The Morgan fingerprint density at radius 3 is 2.94 bits per heavy atom. The van der Waals surface area contributed by atoms with E-state index in [1.165, 1.54) is 4.88 Å². The van der Waals surface area contributed by atoms with Crippen molar-refractivity contribution in [1.29, 1.82) is 0 Å². The molecule has 0 atom stereocenters. The van der Waals surface area contributed by atoms with Crippen LogP contribution in [-0.2, 0) is 13.1 Å². The molecule has 0 spiro atoms. The fraction of sp³-hybridized carbons (Fsp3) is 0.462. The summed E-state index contributed by atoms with van der Waals surface area (Å²) >= 11 is 1.82. The van der Waals surface area contributed by atoms with Crippen LogP contribution in [0.25, 0.3) is 0 Å². The summed E-state index contributed by atoms with van der Waals surface area (Å²) in [6.07, 6.45) is 3.03. The van der Waals surface area contributed by atoms with Crippen LogP contribution in [0.5, 0.6) is 0 Å². The Kier molecular flexibility index (Phi) is 4.78. The first kappa shape index (κ1) is 13.1. The first-order valence-electron chi connectivity index (χ1n) is 6.31. The Labute approximate surface area is 112 Å². The molecular weight excluding hydrogens is 244 g/mol. The third-order valence-electron chi connectivity index (χ3n) is 2.93. The van der Waals surface area contributed by atoms with Gasteiger partial charge in [-0.3, -0.25) is 9.58 Å². The van der Waals surface area contributed by atoms with E-state index in [0.29, 0.717) is 5.82 Å². The average molecular weight is 264 g/mol. The number of aryl methyl sites for hydroxylation is 1. The van der Waals surface area contributed by atoms with Gasteiger partial charge in [-0.2, -0.15) is 5.10 Å². The first-order valence-corrected chi connectivity index (χ1v) is 7.19. The number of nitrogens with two attached hydrogens (primary N) is 1. The maximum absolute atomic E-state index is 5.59. The van der Waals surface area contributed by atoms with Crippen LogP contribution in [0, 0.1) is 0 Å². The number of anilines is 1. The Morgan fingerprint density at radius 1 is 1.44 bits per heavy atom. The van der Waals surface area contributed by atoms with Crippen molar-refractivity contribution in [1.82, 2.24) is 14.7 Å². The van der Waals surface area contributed by atoms with Gasteiger partial charge in [-0.25, -0.2) is 0 Å². The highest BCUT2D eigenvalue weighted by Crippen LogP contribution is 2.12. The minimum atomic E-state index is 0.598. The second-order valence-corrected chi connectivity index (χ2v) is 5.34. The summed E-state index contributed by atoms with van der Waals surface area (Å²) in [7, 11) is 0. The van der Waals surface area contributed by atoms with E-state index in [2.05, 4.69) is 34.4 Å². The molecule has 0 radical (unpaired) electrons. The molecular formula is C13H20N4S. The Bertz CT molecular complexity index is 449. The maximum atomic E-state index is 5.59. The van der Waals surface area contributed by atoms with Crippen LogP contribution < -0.4 is 5.73 Å². The highest BCUT2D eigenvalue weighted by Gasteiger charge is 2.04. The number of hydrogen-bond acceptors (Lipinski definition) is 4. The van der Waals surface area contributed by atoms with E-state index >= 15 is 0 Å². The van der Waals surface area contributed by atoms with Gasteiger partial charge in [0.15, 0.2) is 0 Å². The van der Waals surface area contributed by atoms with Crippen molar-refractivity contribution in [3.63, 3.8) is 0 Å². The molecule has 2 aromatic rings. The van der Waals surface area contributed by atoms with Gasteiger partial charge in [0.25, 0.3) is 0 Å². The number of hydrogen-bond donors (Lipinski definition) is 1. The van der Waals surface area contributed by atoms with Crippen LogP contribution in [0.3, 0.4) is 0 Å². The van der Waals surface area contributed by atoms with Crippen molar-refractivity contribution in [2.75, 3.05) is 18.8 Å². The van der Waals surface area contributed by atoms with Crippen molar-refractivity contribution in [3.05, 3.63) is 34.7 Å². The minimum absolute atomic E-state index is 0.598. The van der Waals surface area contributed by atoms with Crippen molar-refractivity contribution in [3.8, 4) is 0 Å². The number of nitrogens with zero attached hydrogens (tertiary/aromatic N) is 3. The van der Waals surface area contributed by atoms with Gasteiger partial charge in [-0.15, -0.1) is 11.3 Å². The Balaban J connectivity index is 1.73. The molecule has 0 aliphatic carbocycles. The summed E-state index contributed by atoms with van der Waals surface area (Å²) in [6.45, 7) is 6.36. The molecule has 0 aliphatic heterocycles. The molecule has 0 saturated heterocycles. The quantitative estimate of drug-likeness (QED) is 0.835. The summed E-state index contributed by atoms with van der Waals surface area (Å²) in [4.78, 5) is 3.89. The summed E-state index contributed by atoms with van der Waals surface area (Å²) < 4.78 is 1.91. The highest BCUT2D eigenvalue weighted by molar-refractivity contribution is 7.09. The van der Waals surface area contributed by atoms with Crippen LogP contribution in [0.2, 0.25) is 0 Å². The molecule has 4 nitrogen and oxygen atoms in total. The zero-order valence-corrected chi connectivity index (χ0v) is 11.6. The molecule has 0 unspecified atom stereocenters. The lowest BCUT2D eigenvalue weighted by Gasteiger charge is -2.19. The standard InChI is InChI=1S/C13H20N4S/c1-2-16(11-12-5-3-10-18-12)7-4-8-17-9-6-13(14)15-17/h3,5-6,9-10H,2,4,7-8,11H2,1H3,(H2,14,15). The third kappa shape index (κ3) is 3.85. The zero-order chi connectivity index (χ0) is 12.8. The van der Waals surface area contributed by atoms with Crippen LogP contribution in [0.15, 0.2) is 29.8 Å². The van der Waals surface area contributed by atoms with Gasteiger partial charge in [0.1, 0.15) is 5.82 Å². The molecule has 0 bridgehead atoms. The Hall–Kier alpha value is -1.33. The fourth-order valence-corrected chi connectivity index (χ4v) is 2.68. The number of thiophene rings is 1. The highest BCUT2D eigenvalue weighted by atomic mass is 32.1. The molecule has 18 heavy (non-hydrogen) atoms. The Morgan fingerprint density at radius 2 is 2.33 bits per heavy atom. The molecule has 2 heterocycles. The maximum Gasteiger partial charge on any atom is 0.145 e. The smallest absolute Gasteiger partial charge is 0.145 e. The van der Waals surface area contributed by atoms with Crippen LogP contribution >= 0.6 is 11.3 Å². The van der Waals surface area contributed by atoms with E-state index in [0.717, 1.165) is 32.6 Å². The van der Waals surface area contributed by atoms with Crippen LogP contribution in [0.1, 0.15) is 18.2 Å². The van der Waals surface area contributed by atoms with E-state index in [1.54, 1.807) is 0 Å². The van der Waals surface area contributed by atoms with Gasteiger partial charge < -0.3 is 5.73 Å². The number of nitrogen functional groups attached to an aromatic ring is 1. The van der Waals surface area contributed by atoms with E-state index in [1.807, 2.05) is 28.3 Å². The monoisotopic (exact) mass is 264 g/mol. The largest absolute Gasteiger partial charge is 0.382 e. The van der Waals surface area contributed by atoms with Crippen molar-refractivity contribution >= 4 is 17.2 Å². The summed E-state index contributed by atoms with van der Waals surface area (Å²) in [5.41, 5.74) is 5.59. The molecule has 0 aliphatic rings. The fourth-order valence-electron chi connectivity index (χ4n) is 1.93. The van der Waals surface area contributed by atoms with Gasteiger partial charge in [-0.1, -0.05) is 13.0 Å². The first-order chi connectivity index (χ1) is 8.78. The molecule has 2 aromatic heterocycles. The molecule has 0 saturated carbocycles. The lowest BCUT2D eigenvalue weighted by Crippen LogP contribution is -2.24. The van der Waals surface area contributed by atoms with E-state index in [-0.39, 0.29) is 0 Å². The SMILES string of the molecule is CCN(CCCn1ccc(N)n1)Cc1cccs1. The average Bonchev–Trinajstić information content (AvgIpc) is 3.00. The van der Waals surface area contributed by atoms with E-state index < -0.39 is 0 Å². The summed E-state index contributed by atoms with van der Waals surface area (Å²) in [6, 6.07) is 6.14. The van der Waals surface area contributed by atoms with Gasteiger partial charge in [0.2, 0.25) is 0 Å². The normalized spacial score (nSPS) is 11.2. The lowest BCUT2D eigenvalue weighted by atomic mass is 10.3. The number of aromatic nitrogens is 2. The molecule has 0 amide bonds. The predicted octanol–water partition coefficient (Wildman–Crippen LogP) is 2.44. The third-order valence-corrected chi connectivity index (χ3v) is 3.79. The van der Waals surface area contributed by atoms with Crippen molar-refractivity contribution in [2.45, 2.75) is 26.4 Å². The topological polar surface area (TPSA) is 47.1 Å². The molecule has 2 N–H and O–H groups in total. The van der Waals surface area contributed by atoms with E-state index in [9.17, 15) is 0 Å². The predicted molar refractivity (Wildman–Crippen MR) is 76.5 cm³/mol. The van der Waals surface area contributed by atoms with Crippen molar-refractivity contribution in [2.24, 2.45) is 0 Å². The minimum Gasteiger partial charge on any atom is -0.382 e. The van der Waals surface area contributed by atoms with Crippen LogP contribution in [-0.4, -0.2) is 27.8 Å². The molecule has 2 rings (SSSR count). The molecule has 98 valence electrons. The summed E-state index contributed by atoms with van der Waals surface area (Å²) in [5, 5.41) is 6.32. The molecule has 0 aromatic carbocycles. The van der Waals surface area contributed by atoms with Gasteiger partial charge >= 0.3 is 0 Å². The second-order valence-electron chi connectivity index (χ2n) is 4.31. The summed E-state index contributed by atoms with van der Waals surface area (Å²) in [5.74, 6) is 0.598.